The molecule has 0 spiro atoms. The van der Waals surface area contributed by atoms with Gasteiger partial charge in [-0.1, -0.05) is 0 Å². The zero-order valence-electron chi connectivity index (χ0n) is 20.5. The quantitative estimate of drug-likeness (QED) is 0.295. The number of rotatable bonds is 10. The van der Waals surface area contributed by atoms with E-state index in [0.29, 0.717) is 61.6 Å². The van der Waals surface area contributed by atoms with E-state index in [-0.39, 0.29) is 25.2 Å². The highest BCUT2D eigenvalue weighted by Crippen LogP contribution is 2.39. The molecule has 2 heterocycles. The third-order valence-corrected chi connectivity index (χ3v) is 7.23. The first-order valence-electron chi connectivity index (χ1n) is 12.2. The number of halogens is 4. The molecule has 0 amide bonds. The Morgan fingerprint density at radius 2 is 1.84 bits per heavy atom. The van der Waals surface area contributed by atoms with Gasteiger partial charge in [-0.2, -0.15) is 4.39 Å². The normalized spacial score (nSPS) is 16.6. The molecule has 1 aliphatic heterocycles. The summed E-state index contributed by atoms with van der Waals surface area (Å²) in [6.07, 6.45) is 2.00. The molecule has 37 heavy (non-hydrogen) atoms. The number of aliphatic hydroxyl groups excluding tert-OH is 2. The summed E-state index contributed by atoms with van der Waals surface area (Å²) in [6, 6.07) is 6.34. The molecular weight excluding hydrogens is 492 g/mol. The maximum Gasteiger partial charge on any atom is 0.200 e. The minimum absolute atomic E-state index is 0.0442. The number of nitrogens with zero attached hydrogens (tertiary/aromatic N) is 2. The first-order chi connectivity index (χ1) is 17.7. The fourth-order valence-electron chi connectivity index (χ4n) is 4.88. The summed E-state index contributed by atoms with van der Waals surface area (Å²) in [5.74, 6) is -3.99. The van der Waals surface area contributed by atoms with Gasteiger partial charge in [-0.15, -0.1) is 0 Å². The predicted octanol–water partition coefficient (Wildman–Crippen LogP) is 4.77. The molecule has 200 valence electrons. The van der Waals surface area contributed by atoms with E-state index in [2.05, 4.69) is 9.88 Å². The first-order valence-corrected chi connectivity index (χ1v) is 12.2. The first kappa shape index (κ1) is 27.1. The summed E-state index contributed by atoms with van der Waals surface area (Å²) in [4.78, 5) is 6.14. The number of hydrogen-bond acceptors (Lipinski definition) is 6. The molecule has 0 bridgehead atoms. The molecule has 3 aromatic rings. The van der Waals surface area contributed by atoms with Crippen molar-refractivity contribution in [1.29, 1.82) is 0 Å². The fraction of sp³-hybridized carbons (Fsp3) is 0.444. The lowest BCUT2D eigenvalue weighted by Gasteiger charge is -2.41. The average Bonchev–Trinajstić information content (AvgIpc) is 2.90. The van der Waals surface area contributed by atoms with Crippen LogP contribution in [0.1, 0.15) is 37.4 Å². The van der Waals surface area contributed by atoms with E-state index in [1.54, 1.807) is 18.2 Å². The number of fused-ring (bicyclic) bond motifs is 1. The second kappa shape index (κ2) is 11.6. The van der Waals surface area contributed by atoms with Gasteiger partial charge in [-0.3, -0.25) is 9.88 Å². The van der Waals surface area contributed by atoms with Crippen LogP contribution in [0.25, 0.3) is 10.9 Å². The van der Waals surface area contributed by atoms with E-state index in [9.17, 15) is 27.8 Å². The van der Waals surface area contributed by atoms with E-state index in [0.717, 1.165) is 12.3 Å². The van der Waals surface area contributed by atoms with Gasteiger partial charge >= 0.3 is 0 Å². The largest absolute Gasteiger partial charge is 0.497 e. The van der Waals surface area contributed by atoms with Crippen LogP contribution in [0.2, 0.25) is 0 Å². The molecule has 6 nitrogen and oxygen atoms in total. The molecule has 1 fully saturated rings. The SMILES string of the molecule is COc1ccc2ncc(F)c([C@@H](O)CCC3(CO)CCN(CCOc4cc(F)cc(F)c4F)CC3)c2c1. The van der Waals surface area contributed by atoms with Crippen LogP contribution in [0, 0.1) is 28.7 Å². The van der Waals surface area contributed by atoms with Crippen molar-refractivity contribution in [2.75, 3.05) is 40.0 Å². The molecule has 0 aliphatic carbocycles. The van der Waals surface area contributed by atoms with Gasteiger partial charge in [0.2, 0.25) is 5.82 Å². The number of aliphatic hydroxyl groups is 2. The van der Waals surface area contributed by atoms with Crippen molar-refractivity contribution < 1.29 is 37.2 Å². The maximum absolute atomic E-state index is 14.7. The molecule has 1 aromatic heterocycles. The Kier molecular flexibility index (Phi) is 8.51. The molecule has 1 aliphatic rings. The number of methoxy groups -OCH3 is 1. The third-order valence-electron chi connectivity index (χ3n) is 7.23. The monoisotopic (exact) mass is 522 g/mol. The van der Waals surface area contributed by atoms with Crippen molar-refractivity contribution in [3.63, 3.8) is 0 Å². The van der Waals surface area contributed by atoms with Crippen molar-refractivity contribution in [3.8, 4) is 11.5 Å². The van der Waals surface area contributed by atoms with E-state index < -0.39 is 40.5 Å². The molecule has 0 unspecified atom stereocenters. The van der Waals surface area contributed by atoms with Crippen LogP contribution in [-0.4, -0.2) is 60.1 Å². The van der Waals surface area contributed by atoms with Gasteiger partial charge in [0.1, 0.15) is 24.0 Å². The number of hydrogen-bond donors (Lipinski definition) is 2. The molecule has 1 atom stereocenters. The standard InChI is InChI=1S/C27H30F4N2O4/c1-36-18-2-3-22-19(14-18)25(21(30)15-32-22)23(35)4-5-27(16-34)6-8-33(9-7-27)10-11-37-24-13-17(28)12-20(29)26(24)31/h2-3,12-15,23,34-35H,4-11,16H2,1H3/t23-/m0/s1. The third kappa shape index (κ3) is 6.14. The molecule has 2 N–H and O–H groups in total. The number of ether oxygens (including phenoxy) is 2. The van der Waals surface area contributed by atoms with E-state index in [4.69, 9.17) is 9.47 Å². The van der Waals surface area contributed by atoms with Crippen molar-refractivity contribution in [2.24, 2.45) is 5.41 Å². The Morgan fingerprint density at radius 1 is 1.08 bits per heavy atom. The summed E-state index contributed by atoms with van der Waals surface area (Å²) in [5.41, 5.74) is 0.268. The number of likely N-dealkylation sites (tertiary alicyclic amines) is 1. The van der Waals surface area contributed by atoms with Crippen molar-refractivity contribution >= 4 is 10.9 Å². The van der Waals surface area contributed by atoms with Gasteiger partial charge in [-0.05, 0) is 62.4 Å². The van der Waals surface area contributed by atoms with Crippen LogP contribution in [0.4, 0.5) is 17.6 Å². The minimum atomic E-state index is -1.30. The summed E-state index contributed by atoms with van der Waals surface area (Å²) in [5, 5.41) is 21.6. The molecule has 0 radical (unpaired) electrons. The maximum atomic E-state index is 14.7. The number of pyridine rings is 1. The smallest absolute Gasteiger partial charge is 0.200 e. The van der Waals surface area contributed by atoms with Crippen molar-refractivity contribution in [1.82, 2.24) is 9.88 Å². The van der Waals surface area contributed by atoms with Crippen LogP contribution in [-0.2, 0) is 0 Å². The molecule has 10 heteroatoms. The van der Waals surface area contributed by atoms with E-state index in [1.807, 2.05) is 0 Å². The summed E-state index contributed by atoms with van der Waals surface area (Å²) >= 11 is 0. The van der Waals surface area contributed by atoms with Crippen LogP contribution in [0.15, 0.2) is 36.5 Å². The lowest BCUT2D eigenvalue weighted by molar-refractivity contribution is 0.0200. The predicted molar refractivity (Wildman–Crippen MR) is 129 cm³/mol. The van der Waals surface area contributed by atoms with Gasteiger partial charge in [0.05, 0.1) is 24.9 Å². The highest BCUT2D eigenvalue weighted by molar-refractivity contribution is 5.84. The molecule has 0 saturated carbocycles. The lowest BCUT2D eigenvalue weighted by atomic mass is 9.74. The second-order valence-electron chi connectivity index (χ2n) is 9.51. The number of aromatic nitrogens is 1. The Labute approximate surface area is 212 Å². The average molecular weight is 523 g/mol. The van der Waals surface area contributed by atoms with Crippen LogP contribution in [0.3, 0.4) is 0 Å². The Hall–Kier alpha value is -2.95. The number of piperidine rings is 1. The minimum Gasteiger partial charge on any atom is -0.497 e. The van der Waals surface area contributed by atoms with Gasteiger partial charge in [-0.25, -0.2) is 13.2 Å². The van der Waals surface area contributed by atoms with Gasteiger partial charge in [0.15, 0.2) is 11.6 Å². The molecular formula is C27H30F4N2O4. The van der Waals surface area contributed by atoms with Gasteiger partial charge < -0.3 is 19.7 Å². The zero-order valence-corrected chi connectivity index (χ0v) is 20.5. The van der Waals surface area contributed by atoms with Gasteiger partial charge in [0, 0.05) is 36.2 Å². The van der Waals surface area contributed by atoms with Crippen LogP contribution >= 0.6 is 0 Å². The summed E-state index contributed by atoms with van der Waals surface area (Å²) < 4.78 is 65.6. The lowest BCUT2D eigenvalue weighted by Crippen LogP contribution is -2.43. The van der Waals surface area contributed by atoms with Crippen LogP contribution in [0.5, 0.6) is 11.5 Å². The Balaban J connectivity index is 1.33. The number of benzene rings is 2. The Morgan fingerprint density at radius 3 is 2.54 bits per heavy atom. The second-order valence-corrected chi connectivity index (χ2v) is 9.51. The molecule has 1 saturated heterocycles. The van der Waals surface area contributed by atoms with Crippen molar-refractivity contribution in [3.05, 3.63) is 65.4 Å². The van der Waals surface area contributed by atoms with E-state index >= 15 is 0 Å². The molecule has 4 rings (SSSR count). The van der Waals surface area contributed by atoms with E-state index in [1.165, 1.54) is 7.11 Å². The molecule has 2 aromatic carbocycles. The van der Waals surface area contributed by atoms with Gasteiger partial charge in [0.25, 0.3) is 0 Å². The zero-order chi connectivity index (χ0) is 26.6. The van der Waals surface area contributed by atoms with Crippen molar-refractivity contribution in [2.45, 2.75) is 31.8 Å². The Bertz CT molecular complexity index is 1230. The summed E-state index contributed by atoms with van der Waals surface area (Å²) in [7, 11) is 1.51. The van der Waals surface area contributed by atoms with Crippen LogP contribution < -0.4 is 9.47 Å². The summed E-state index contributed by atoms with van der Waals surface area (Å²) in [6.45, 7) is 1.61. The highest BCUT2D eigenvalue weighted by Gasteiger charge is 2.35. The highest BCUT2D eigenvalue weighted by atomic mass is 19.2. The topological polar surface area (TPSA) is 75.0 Å². The fourth-order valence-corrected chi connectivity index (χ4v) is 4.88.